The van der Waals surface area contributed by atoms with E-state index in [1.54, 1.807) is 6.07 Å². The number of anilines is 1. The van der Waals surface area contributed by atoms with Crippen LogP contribution in [-0.2, 0) is 11.2 Å². The van der Waals surface area contributed by atoms with E-state index in [2.05, 4.69) is 17.2 Å². The fourth-order valence-corrected chi connectivity index (χ4v) is 2.50. The van der Waals surface area contributed by atoms with Crippen molar-refractivity contribution in [1.82, 2.24) is 4.98 Å². The minimum atomic E-state index is -1.11. The zero-order chi connectivity index (χ0) is 17.0. The van der Waals surface area contributed by atoms with Crippen molar-refractivity contribution >= 4 is 16.6 Å². The van der Waals surface area contributed by atoms with Crippen LogP contribution >= 0.6 is 0 Å². The molecule has 0 saturated carbocycles. The van der Waals surface area contributed by atoms with Gasteiger partial charge in [0.2, 0.25) is 12.0 Å². The van der Waals surface area contributed by atoms with Crippen molar-refractivity contribution in [2.75, 3.05) is 5.32 Å². The molecule has 0 fully saturated rings. The summed E-state index contributed by atoms with van der Waals surface area (Å²) in [6.07, 6.45) is 1.92. The molecule has 0 amide bonds. The second kappa shape index (κ2) is 7.15. The summed E-state index contributed by atoms with van der Waals surface area (Å²) in [6.45, 7) is 7.75. The second-order valence-corrected chi connectivity index (χ2v) is 6.75. The number of aliphatic hydroxyl groups excluding tert-OH is 1. The first-order chi connectivity index (χ1) is 10.8. The van der Waals surface area contributed by atoms with Crippen LogP contribution in [0, 0.1) is 0 Å². The van der Waals surface area contributed by atoms with Crippen LogP contribution in [0.25, 0.3) is 10.9 Å². The van der Waals surface area contributed by atoms with Gasteiger partial charge in [-0.2, -0.15) is 0 Å². The lowest BCUT2D eigenvalue weighted by Crippen LogP contribution is -2.32. The van der Waals surface area contributed by atoms with E-state index in [4.69, 9.17) is 4.74 Å². The van der Waals surface area contributed by atoms with Gasteiger partial charge in [0.05, 0.1) is 11.1 Å². The number of aryl methyl sites for hydroxylation is 1. The van der Waals surface area contributed by atoms with E-state index in [0.717, 1.165) is 35.7 Å². The van der Waals surface area contributed by atoms with Crippen LogP contribution in [0.1, 0.15) is 46.1 Å². The van der Waals surface area contributed by atoms with Gasteiger partial charge in [0.25, 0.3) is 0 Å². The number of fused-ring (bicyclic) bond motifs is 1. The third-order valence-electron chi connectivity index (χ3n) is 3.48. The molecular formula is C18H26N2O3. The lowest BCUT2D eigenvalue weighted by atomic mass is 10.0. The summed E-state index contributed by atoms with van der Waals surface area (Å²) in [4.78, 5) is 14.7. The maximum absolute atomic E-state index is 11.8. The van der Waals surface area contributed by atoms with E-state index in [0.29, 0.717) is 5.69 Å². The number of aromatic nitrogens is 1. The Bertz CT molecular complexity index is 716. The van der Waals surface area contributed by atoms with E-state index >= 15 is 0 Å². The second-order valence-electron chi connectivity index (χ2n) is 6.75. The van der Waals surface area contributed by atoms with Gasteiger partial charge >= 0.3 is 0 Å². The number of rotatable bonds is 6. The number of aromatic amines is 1. The van der Waals surface area contributed by atoms with E-state index in [9.17, 15) is 9.90 Å². The van der Waals surface area contributed by atoms with E-state index in [1.807, 2.05) is 39.0 Å². The molecule has 1 aromatic carbocycles. The van der Waals surface area contributed by atoms with Gasteiger partial charge in [-0.15, -0.1) is 0 Å². The Hall–Kier alpha value is -1.85. The summed E-state index contributed by atoms with van der Waals surface area (Å²) >= 11 is 0. The van der Waals surface area contributed by atoms with Crippen LogP contribution in [-0.4, -0.2) is 22.1 Å². The molecular weight excluding hydrogens is 292 g/mol. The Kier molecular flexibility index (Phi) is 5.44. The molecule has 126 valence electrons. The van der Waals surface area contributed by atoms with Crippen LogP contribution in [0.4, 0.5) is 5.69 Å². The lowest BCUT2D eigenvalue weighted by molar-refractivity contribution is -0.148. The molecule has 3 N–H and O–H groups in total. The highest BCUT2D eigenvalue weighted by molar-refractivity contribution is 5.85. The van der Waals surface area contributed by atoms with Gasteiger partial charge in [-0.1, -0.05) is 19.4 Å². The van der Waals surface area contributed by atoms with Crippen molar-refractivity contribution in [2.45, 2.75) is 59.0 Å². The number of hydrogen-bond donors (Lipinski definition) is 3. The molecule has 0 saturated heterocycles. The molecule has 0 bridgehead atoms. The Morgan fingerprint density at radius 1 is 1.30 bits per heavy atom. The van der Waals surface area contributed by atoms with Gasteiger partial charge in [-0.25, -0.2) is 0 Å². The number of ether oxygens (including phenoxy) is 1. The largest absolute Gasteiger partial charge is 0.351 e. The number of nitrogens with one attached hydrogen (secondary N) is 2. The monoisotopic (exact) mass is 318 g/mol. The molecule has 2 rings (SSSR count). The third-order valence-corrected chi connectivity index (χ3v) is 3.48. The summed E-state index contributed by atoms with van der Waals surface area (Å²) in [5, 5.41) is 13.9. The first-order valence-corrected chi connectivity index (χ1v) is 8.07. The van der Waals surface area contributed by atoms with Gasteiger partial charge in [0.15, 0.2) is 0 Å². The third kappa shape index (κ3) is 5.08. The molecule has 23 heavy (non-hydrogen) atoms. The Morgan fingerprint density at radius 2 is 2.04 bits per heavy atom. The first kappa shape index (κ1) is 17.5. The Morgan fingerprint density at radius 3 is 2.70 bits per heavy atom. The molecule has 0 aliphatic rings. The topological polar surface area (TPSA) is 74.4 Å². The van der Waals surface area contributed by atoms with Crippen molar-refractivity contribution in [1.29, 1.82) is 0 Å². The number of unbranched alkanes of at least 4 members (excludes halogenated alkanes) is 1. The van der Waals surface area contributed by atoms with Gasteiger partial charge in [-0.05, 0) is 51.3 Å². The van der Waals surface area contributed by atoms with Crippen molar-refractivity contribution in [2.24, 2.45) is 0 Å². The predicted octanol–water partition coefficient (Wildman–Crippen LogP) is 3.37. The maximum atomic E-state index is 11.8. The first-order valence-electron chi connectivity index (χ1n) is 8.07. The van der Waals surface area contributed by atoms with Crippen molar-refractivity contribution < 1.29 is 9.84 Å². The number of H-pyrrole nitrogens is 1. The molecule has 5 nitrogen and oxygen atoms in total. The van der Waals surface area contributed by atoms with E-state index < -0.39 is 12.0 Å². The highest BCUT2D eigenvalue weighted by atomic mass is 16.6. The fraction of sp³-hybridized carbons (Fsp3) is 0.500. The van der Waals surface area contributed by atoms with Gasteiger partial charge in [0.1, 0.15) is 0 Å². The van der Waals surface area contributed by atoms with E-state index in [1.165, 1.54) is 0 Å². The zero-order valence-electron chi connectivity index (χ0n) is 14.3. The van der Waals surface area contributed by atoms with Crippen LogP contribution in [0.15, 0.2) is 29.1 Å². The highest BCUT2D eigenvalue weighted by Crippen LogP contribution is 2.22. The SMILES string of the molecule is CCCCc1cc(=O)[nH]c2cc(NC(O)OC(C)(C)C)ccc12. The molecule has 1 heterocycles. The minimum absolute atomic E-state index is 0.104. The quantitative estimate of drug-likeness (QED) is 0.714. The fourth-order valence-electron chi connectivity index (χ4n) is 2.50. The molecule has 1 unspecified atom stereocenters. The summed E-state index contributed by atoms with van der Waals surface area (Å²) < 4.78 is 5.43. The zero-order valence-corrected chi connectivity index (χ0v) is 14.3. The van der Waals surface area contributed by atoms with Crippen LogP contribution in [0.3, 0.4) is 0 Å². The van der Waals surface area contributed by atoms with Gasteiger partial charge < -0.3 is 20.1 Å². The molecule has 2 aromatic rings. The molecule has 1 atom stereocenters. The van der Waals surface area contributed by atoms with E-state index in [-0.39, 0.29) is 5.56 Å². The lowest BCUT2D eigenvalue weighted by Gasteiger charge is -2.25. The Labute approximate surface area is 136 Å². The van der Waals surface area contributed by atoms with Crippen LogP contribution in [0.5, 0.6) is 0 Å². The van der Waals surface area contributed by atoms with Crippen molar-refractivity contribution in [3.63, 3.8) is 0 Å². The number of aliphatic hydroxyl groups is 1. The summed E-state index contributed by atoms with van der Waals surface area (Å²) in [6, 6.07) is 7.33. The average molecular weight is 318 g/mol. The number of hydrogen-bond acceptors (Lipinski definition) is 4. The number of pyridine rings is 1. The van der Waals surface area contributed by atoms with Gasteiger partial charge in [-0.3, -0.25) is 4.79 Å². The minimum Gasteiger partial charge on any atom is -0.351 e. The standard InChI is InChI=1S/C18H26N2O3/c1-5-6-7-12-10-16(21)20-15-11-13(8-9-14(12)15)19-17(22)23-18(2,3)4/h8-11,17,19,22H,5-7H2,1-4H3,(H,20,21). The van der Waals surface area contributed by atoms with Crippen LogP contribution in [0.2, 0.25) is 0 Å². The summed E-state index contributed by atoms with van der Waals surface area (Å²) in [5.74, 6) is 0. The molecule has 1 aromatic heterocycles. The maximum Gasteiger partial charge on any atom is 0.248 e. The Balaban J connectivity index is 2.26. The summed E-state index contributed by atoms with van der Waals surface area (Å²) in [7, 11) is 0. The highest BCUT2D eigenvalue weighted by Gasteiger charge is 2.16. The molecule has 0 spiro atoms. The normalized spacial score (nSPS) is 13.3. The summed E-state index contributed by atoms with van der Waals surface area (Å²) in [5.41, 5.74) is 1.95. The van der Waals surface area contributed by atoms with Crippen molar-refractivity contribution in [3.8, 4) is 0 Å². The molecule has 5 heteroatoms. The number of benzene rings is 1. The average Bonchev–Trinajstić information content (AvgIpc) is 2.42. The molecule has 0 aliphatic heterocycles. The van der Waals surface area contributed by atoms with Gasteiger partial charge in [0, 0.05) is 17.1 Å². The van der Waals surface area contributed by atoms with Crippen LogP contribution < -0.4 is 10.9 Å². The molecule has 0 aliphatic carbocycles. The van der Waals surface area contributed by atoms with Crippen molar-refractivity contribution in [3.05, 3.63) is 40.2 Å². The smallest absolute Gasteiger partial charge is 0.248 e. The molecule has 0 radical (unpaired) electrons. The predicted molar refractivity (Wildman–Crippen MR) is 93.6 cm³/mol.